The number of alkyl halides is 1. The fourth-order valence-corrected chi connectivity index (χ4v) is 8.15. The third-order valence-corrected chi connectivity index (χ3v) is 9.15. The van der Waals surface area contributed by atoms with E-state index in [9.17, 15) is 14.4 Å². The van der Waals surface area contributed by atoms with Crippen molar-refractivity contribution in [3.05, 3.63) is 11.6 Å². The minimum atomic E-state index is -0.967. The first kappa shape index (κ1) is 20.3. The molecular weight excluding hydrogens is 420 g/mol. The molecule has 154 valence electrons. The second-order valence-corrected chi connectivity index (χ2v) is 9.93. The van der Waals surface area contributed by atoms with Crippen LogP contribution in [0.25, 0.3) is 0 Å². The number of carbonyl (C=O) groups is 3. The number of hydrogen-bond donors (Lipinski definition) is 0. The fraction of sp³-hybridized carbons (Fsp3) is 0.783. The zero-order valence-electron chi connectivity index (χ0n) is 17.0. The smallest absolute Gasteiger partial charge is 0.303 e. The quantitative estimate of drug-likeness (QED) is 0.456. The van der Waals surface area contributed by atoms with Gasteiger partial charge >= 0.3 is 5.97 Å². The van der Waals surface area contributed by atoms with E-state index < -0.39 is 5.60 Å². The third kappa shape index (κ3) is 2.79. The van der Waals surface area contributed by atoms with Crippen molar-refractivity contribution in [1.82, 2.24) is 0 Å². The Morgan fingerprint density at radius 3 is 2.61 bits per heavy atom. The van der Waals surface area contributed by atoms with Crippen LogP contribution in [0.3, 0.4) is 0 Å². The van der Waals surface area contributed by atoms with E-state index in [1.54, 1.807) is 0 Å². The minimum Gasteiger partial charge on any atom is -0.451 e. The Kier molecular flexibility index (Phi) is 5.35. The number of ether oxygens (including phenoxy) is 1. The highest BCUT2D eigenvalue weighted by atomic mass is 79.9. The van der Waals surface area contributed by atoms with E-state index in [0.717, 1.165) is 44.9 Å². The normalized spacial score (nSPS) is 42.1. The number of Topliss-reactive ketones (excluding diaryl/α,β-unsaturated/α-hetero) is 1. The van der Waals surface area contributed by atoms with Gasteiger partial charge in [-0.05, 0) is 81.1 Å². The average molecular weight is 451 g/mol. The molecule has 0 bridgehead atoms. The molecule has 0 aromatic carbocycles. The third-order valence-electron chi connectivity index (χ3n) is 8.64. The molecule has 0 spiro atoms. The summed E-state index contributed by atoms with van der Waals surface area (Å²) in [6, 6.07) is 0. The van der Waals surface area contributed by atoms with E-state index in [1.807, 2.05) is 6.08 Å². The first-order chi connectivity index (χ1) is 13.4. The van der Waals surface area contributed by atoms with Crippen LogP contribution in [0.1, 0.15) is 71.6 Å². The van der Waals surface area contributed by atoms with Gasteiger partial charge in [0.25, 0.3) is 0 Å². The first-order valence-corrected chi connectivity index (χ1v) is 12.0. The summed E-state index contributed by atoms with van der Waals surface area (Å²) in [6.07, 6.45) is 10.2. The van der Waals surface area contributed by atoms with Gasteiger partial charge in [0.05, 0.1) is 5.33 Å². The number of esters is 1. The molecule has 0 saturated heterocycles. The summed E-state index contributed by atoms with van der Waals surface area (Å²) < 4.78 is 5.94. The summed E-state index contributed by atoms with van der Waals surface area (Å²) in [5, 5.41) is 0.237. The zero-order chi connectivity index (χ0) is 20.1. The number of halogens is 1. The molecule has 4 nitrogen and oxygen atoms in total. The van der Waals surface area contributed by atoms with Gasteiger partial charge in [-0.2, -0.15) is 0 Å². The number of ketones is 2. The van der Waals surface area contributed by atoms with Crippen molar-refractivity contribution < 1.29 is 19.1 Å². The topological polar surface area (TPSA) is 60.4 Å². The fourth-order valence-electron chi connectivity index (χ4n) is 7.70. The van der Waals surface area contributed by atoms with E-state index in [4.69, 9.17) is 4.74 Å². The minimum absolute atomic E-state index is 0.0326. The van der Waals surface area contributed by atoms with E-state index >= 15 is 0 Å². The number of fused-ring (bicyclic) bond motifs is 5. The van der Waals surface area contributed by atoms with Gasteiger partial charge in [-0.15, -0.1) is 0 Å². The lowest BCUT2D eigenvalue weighted by Gasteiger charge is -2.57. The highest BCUT2D eigenvalue weighted by Gasteiger charge is 2.68. The monoisotopic (exact) mass is 450 g/mol. The molecule has 3 fully saturated rings. The van der Waals surface area contributed by atoms with Crippen molar-refractivity contribution in [2.24, 2.45) is 29.1 Å². The van der Waals surface area contributed by atoms with E-state index in [2.05, 4.69) is 22.9 Å². The number of rotatable bonds is 4. The van der Waals surface area contributed by atoms with Crippen LogP contribution in [0.4, 0.5) is 0 Å². The molecular formula is C23H31BrO4. The van der Waals surface area contributed by atoms with Crippen LogP contribution in [0.15, 0.2) is 11.6 Å². The van der Waals surface area contributed by atoms with E-state index in [0.29, 0.717) is 42.3 Å². The van der Waals surface area contributed by atoms with Gasteiger partial charge in [0.2, 0.25) is 0 Å². The second kappa shape index (κ2) is 7.37. The van der Waals surface area contributed by atoms with Gasteiger partial charge in [0, 0.05) is 18.8 Å². The van der Waals surface area contributed by atoms with Crippen molar-refractivity contribution in [3.63, 3.8) is 0 Å². The largest absolute Gasteiger partial charge is 0.451 e. The van der Waals surface area contributed by atoms with Crippen molar-refractivity contribution in [3.8, 4) is 0 Å². The Bertz CT molecular complexity index is 728. The van der Waals surface area contributed by atoms with Gasteiger partial charge in [0.1, 0.15) is 0 Å². The van der Waals surface area contributed by atoms with Crippen LogP contribution in [0, 0.1) is 29.1 Å². The Balaban J connectivity index is 1.70. The zero-order valence-corrected chi connectivity index (χ0v) is 18.6. The molecule has 0 radical (unpaired) electrons. The molecule has 5 heteroatoms. The van der Waals surface area contributed by atoms with Gasteiger partial charge in [-0.1, -0.05) is 28.4 Å². The van der Waals surface area contributed by atoms with Crippen molar-refractivity contribution in [2.75, 3.05) is 5.33 Å². The molecule has 0 aromatic rings. The van der Waals surface area contributed by atoms with Crippen molar-refractivity contribution in [2.45, 2.75) is 77.2 Å². The van der Waals surface area contributed by atoms with Gasteiger partial charge < -0.3 is 4.74 Å². The molecule has 0 aliphatic heterocycles. The molecule has 0 aromatic heterocycles. The predicted molar refractivity (Wildman–Crippen MR) is 110 cm³/mol. The summed E-state index contributed by atoms with van der Waals surface area (Å²) >= 11 is 3.36. The highest BCUT2D eigenvalue weighted by molar-refractivity contribution is 9.09. The Morgan fingerprint density at radius 1 is 1.14 bits per heavy atom. The highest BCUT2D eigenvalue weighted by Crippen LogP contribution is 2.67. The molecule has 4 rings (SSSR count). The van der Waals surface area contributed by atoms with Gasteiger partial charge in [-0.3, -0.25) is 14.4 Å². The van der Waals surface area contributed by atoms with E-state index in [-0.39, 0.29) is 22.5 Å². The first-order valence-electron chi connectivity index (χ1n) is 10.9. The molecule has 0 heterocycles. The van der Waals surface area contributed by atoms with Crippen LogP contribution in [0.5, 0.6) is 0 Å². The molecule has 4 aliphatic carbocycles. The molecule has 3 saturated carbocycles. The standard InChI is InChI=1S/C23H31BrO4/c1-3-22-10-8-18-17-7-5-16(26)12-15(17)4-6-19(18)20(22)9-11-23(22,21(27)13-24)28-14(2)25/h12,17-20H,3-11,13H2,1-2H3/t17-,18+,19+,20-,22-,23+/m0/s1. The summed E-state index contributed by atoms with van der Waals surface area (Å²) in [6.45, 7) is 3.61. The lowest BCUT2D eigenvalue weighted by molar-refractivity contribution is -0.189. The van der Waals surface area contributed by atoms with Crippen LogP contribution < -0.4 is 0 Å². The lowest BCUT2D eigenvalue weighted by Crippen LogP contribution is -2.59. The average Bonchev–Trinajstić information content (AvgIpc) is 3.01. The Hall–Kier alpha value is -0.970. The molecule has 0 N–H and O–H groups in total. The van der Waals surface area contributed by atoms with Crippen LogP contribution in [-0.4, -0.2) is 28.5 Å². The summed E-state index contributed by atoms with van der Waals surface area (Å²) in [4.78, 5) is 37.1. The molecule has 0 amide bonds. The Labute approximate surface area is 176 Å². The summed E-state index contributed by atoms with van der Waals surface area (Å²) in [5.74, 6) is 2.14. The van der Waals surface area contributed by atoms with Crippen LogP contribution >= 0.6 is 15.9 Å². The molecule has 4 aliphatic rings. The number of carbonyl (C=O) groups excluding carboxylic acids is 3. The summed E-state index contributed by atoms with van der Waals surface area (Å²) in [7, 11) is 0. The number of hydrogen-bond acceptors (Lipinski definition) is 4. The van der Waals surface area contributed by atoms with E-state index in [1.165, 1.54) is 12.5 Å². The maximum atomic E-state index is 13.1. The predicted octanol–water partition coefficient (Wildman–Crippen LogP) is 4.78. The number of allylic oxidation sites excluding steroid dienone is 1. The van der Waals surface area contributed by atoms with Gasteiger partial charge in [0.15, 0.2) is 17.2 Å². The SMILES string of the molecule is CC[C@]12CC[C@H]3[C@@H](CCC4=CC(=O)CC[C@@H]43)[C@@H]1CC[C@@]2(OC(C)=O)C(=O)CBr. The summed E-state index contributed by atoms with van der Waals surface area (Å²) in [5.41, 5.74) is 0.171. The van der Waals surface area contributed by atoms with Crippen LogP contribution in [0.2, 0.25) is 0 Å². The van der Waals surface area contributed by atoms with Gasteiger partial charge in [-0.25, -0.2) is 0 Å². The van der Waals surface area contributed by atoms with Crippen LogP contribution in [-0.2, 0) is 19.1 Å². The lowest BCUT2D eigenvalue weighted by atomic mass is 9.49. The second-order valence-electron chi connectivity index (χ2n) is 9.37. The molecule has 6 atom stereocenters. The van der Waals surface area contributed by atoms with Crippen molar-refractivity contribution >= 4 is 33.5 Å². The Morgan fingerprint density at radius 2 is 1.93 bits per heavy atom. The maximum Gasteiger partial charge on any atom is 0.303 e. The maximum absolute atomic E-state index is 13.1. The molecule has 0 unspecified atom stereocenters. The molecule has 28 heavy (non-hydrogen) atoms. The van der Waals surface area contributed by atoms with Crippen molar-refractivity contribution in [1.29, 1.82) is 0 Å².